The number of nitrogens with one attached hydrogen (secondary N) is 2. The highest BCUT2D eigenvalue weighted by Crippen LogP contribution is 2.24. The van der Waals surface area contributed by atoms with E-state index in [9.17, 15) is 9.59 Å². The molecule has 0 atom stereocenters. The number of benzene rings is 1. The van der Waals surface area contributed by atoms with Crippen molar-refractivity contribution in [1.82, 2.24) is 5.32 Å². The van der Waals surface area contributed by atoms with E-state index >= 15 is 0 Å². The van der Waals surface area contributed by atoms with Gasteiger partial charge in [0.05, 0.1) is 11.3 Å². The number of rotatable bonds is 5. The van der Waals surface area contributed by atoms with Crippen LogP contribution in [0.15, 0.2) is 35.7 Å². The molecule has 3 rings (SSSR count). The van der Waals surface area contributed by atoms with Crippen molar-refractivity contribution in [3.05, 3.63) is 51.7 Å². The lowest BCUT2D eigenvalue weighted by Crippen LogP contribution is -2.23. The first-order chi connectivity index (χ1) is 10.2. The number of carbonyl (C=O) groups excluding carboxylic acids is 2. The van der Waals surface area contributed by atoms with Crippen LogP contribution in [0.25, 0.3) is 0 Å². The highest BCUT2D eigenvalue weighted by molar-refractivity contribution is 7.12. The van der Waals surface area contributed by atoms with E-state index in [4.69, 9.17) is 0 Å². The summed E-state index contributed by atoms with van der Waals surface area (Å²) in [5.41, 5.74) is 3.20. The molecule has 0 unspecified atom stereocenters. The number of fused-ring (bicyclic) bond motifs is 1. The Balaban J connectivity index is 1.47. The van der Waals surface area contributed by atoms with Crippen molar-refractivity contribution in [2.24, 2.45) is 0 Å². The van der Waals surface area contributed by atoms with E-state index in [-0.39, 0.29) is 11.8 Å². The molecule has 0 fully saturated rings. The van der Waals surface area contributed by atoms with Gasteiger partial charge in [-0.3, -0.25) is 9.59 Å². The monoisotopic (exact) mass is 300 g/mol. The summed E-state index contributed by atoms with van der Waals surface area (Å²) in [6.07, 6.45) is 2.25. The van der Waals surface area contributed by atoms with Crippen LogP contribution < -0.4 is 10.6 Å². The Bertz CT molecular complexity index is 665. The minimum absolute atomic E-state index is 0.00579. The fourth-order valence-corrected chi connectivity index (χ4v) is 3.07. The summed E-state index contributed by atoms with van der Waals surface area (Å²) in [6, 6.07) is 9.77. The van der Waals surface area contributed by atoms with E-state index in [2.05, 4.69) is 16.7 Å². The van der Waals surface area contributed by atoms with E-state index in [0.29, 0.717) is 13.0 Å². The second-order valence-corrected chi connectivity index (χ2v) is 6.00. The Morgan fingerprint density at radius 1 is 1.33 bits per heavy atom. The minimum atomic E-state index is -0.00579. The maximum Gasteiger partial charge on any atom is 0.261 e. The van der Waals surface area contributed by atoms with Gasteiger partial charge in [-0.1, -0.05) is 18.2 Å². The maximum atomic E-state index is 11.8. The highest BCUT2D eigenvalue weighted by Gasteiger charge is 2.17. The van der Waals surface area contributed by atoms with Gasteiger partial charge in [-0.05, 0) is 41.5 Å². The molecule has 0 saturated heterocycles. The first-order valence-corrected chi connectivity index (χ1v) is 7.84. The lowest BCUT2D eigenvalue weighted by atomic mass is 10.0. The zero-order valence-electron chi connectivity index (χ0n) is 11.5. The van der Waals surface area contributed by atoms with Gasteiger partial charge in [-0.2, -0.15) is 0 Å². The summed E-state index contributed by atoms with van der Waals surface area (Å²) >= 11 is 1.45. The molecule has 1 aromatic heterocycles. The van der Waals surface area contributed by atoms with Gasteiger partial charge in [0.15, 0.2) is 0 Å². The van der Waals surface area contributed by atoms with E-state index in [0.717, 1.165) is 29.0 Å². The quantitative estimate of drug-likeness (QED) is 0.834. The third-order valence-corrected chi connectivity index (χ3v) is 4.34. The Labute approximate surface area is 127 Å². The summed E-state index contributed by atoms with van der Waals surface area (Å²) in [7, 11) is 0. The second kappa shape index (κ2) is 6.10. The van der Waals surface area contributed by atoms with E-state index in [1.165, 1.54) is 16.9 Å². The number of anilines is 1. The van der Waals surface area contributed by atoms with Crippen LogP contribution in [0, 0.1) is 0 Å². The van der Waals surface area contributed by atoms with Crippen LogP contribution >= 0.6 is 11.3 Å². The van der Waals surface area contributed by atoms with Crippen molar-refractivity contribution in [1.29, 1.82) is 0 Å². The van der Waals surface area contributed by atoms with Gasteiger partial charge in [0.2, 0.25) is 5.91 Å². The van der Waals surface area contributed by atoms with Gasteiger partial charge >= 0.3 is 0 Å². The predicted octanol–water partition coefficient (Wildman–Crippen LogP) is 2.61. The summed E-state index contributed by atoms with van der Waals surface area (Å²) in [5.74, 6) is 0.0547. The van der Waals surface area contributed by atoms with Crippen molar-refractivity contribution < 1.29 is 9.59 Å². The SMILES string of the molecule is O=C1Cc2cc(CCCNC(=O)c3cccs3)ccc2N1. The second-order valence-electron chi connectivity index (χ2n) is 5.05. The smallest absolute Gasteiger partial charge is 0.261 e. The van der Waals surface area contributed by atoms with Crippen molar-refractivity contribution in [2.45, 2.75) is 19.3 Å². The predicted molar refractivity (Wildman–Crippen MR) is 83.7 cm³/mol. The Kier molecular flexibility index (Phi) is 4.01. The molecule has 1 aliphatic heterocycles. The fourth-order valence-electron chi connectivity index (χ4n) is 2.43. The summed E-state index contributed by atoms with van der Waals surface area (Å²) in [4.78, 5) is 23.8. The molecule has 1 aromatic carbocycles. The maximum absolute atomic E-state index is 11.8. The zero-order valence-corrected chi connectivity index (χ0v) is 12.3. The molecular formula is C16H16N2O2S. The molecule has 0 aliphatic carbocycles. The molecule has 5 heteroatoms. The van der Waals surface area contributed by atoms with Crippen LogP contribution in [0.2, 0.25) is 0 Å². The van der Waals surface area contributed by atoms with E-state index < -0.39 is 0 Å². The first kappa shape index (κ1) is 13.8. The number of thiophene rings is 1. The van der Waals surface area contributed by atoms with Crippen LogP contribution in [-0.2, 0) is 17.6 Å². The first-order valence-electron chi connectivity index (χ1n) is 6.96. The third-order valence-electron chi connectivity index (χ3n) is 3.47. The van der Waals surface area contributed by atoms with E-state index in [1.807, 2.05) is 29.6 Å². The fraction of sp³-hybridized carbons (Fsp3) is 0.250. The lowest BCUT2D eigenvalue weighted by molar-refractivity contribution is -0.115. The summed E-state index contributed by atoms with van der Waals surface area (Å²) in [6.45, 7) is 0.658. The zero-order chi connectivity index (χ0) is 14.7. The average Bonchev–Trinajstić information content (AvgIpc) is 3.11. The molecule has 2 aromatic rings. The van der Waals surface area contributed by atoms with Crippen LogP contribution in [0.3, 0.4) is 0 Å². The topological polar surface area (TPSA) is 58.2 Å². The van der Waals surface area contributed by atoms with Crippen molar-refractivity contribution >= 4 is 28.8 Å². The largest absolute Gasteiger partial charge is 0.351 e. The lowest BCUT2D eigenvalue weighted by Gasteiger charge is -2.06. The highest BCUT2D eigenvalue weighted by atomic mass is 32.1. The number of hydrogen-bond donors (Lipinski definition) is 2. The molecule has 2 N–H and O–H groups in total. The van der Waals surface area contributed by atoms with E-state index in [1.54, 1.807) is 0 Å². The number of carbonyl (C=O) groups is 2. The number of aryl methyl sites for hydroxylation is 1. The molecule has 1 aliphatic rings. The van der Waals surface area contributed by atoms with Gasteiger partial charge in [-0.25, -0.2) is 0 Å². The third kappa shape index (κ3) is 3.31. The van der Waals surface area contributed by atoms with Gasteiger partial charge in [0.1, 0.15) is 0 Å². The van der Waals surface area contributed by atoms with Gasteiger partial charge < -0.3 is 10.6 Å². The standard InChI is InChI=1S/C16H16N2O2S/c19-15-10-12-9-11(5-6-13(12)18-15)3-1-7-17-16(20)14-4-2-8-21-14/h2,4-6,8-9H,1,3,7,10H2,(H,17,20)(H,18,19). The molecule has 0 saturated carbocycles. The summed E-state index contributed by atoms with van der Waals surface area (Å²) < 4.78 is 0. The molecular weight excluding hydrogens is 284 g/mol. The van der Waals surface area contributed by atoms with Crippen molar-refractivity contribution in [3.63, 3.8) is 0 Å². The molecule has 0 bridgehead atoms. The molecule has 21 heavy (non-hydrogen) atoms. The van der Waals surface area contributed by atoms with Crippen LogP contribution in [0.1, 0.15) is 27.2 Å². The molecule has 0 radical (unpaired) electrons. The number of hydrogen-bond acceptors (Lipinski definition) is 3. The molecule has 2 amide bonds. The molecule has 2 heterocycles. The Hall–Kier alpha value is -2.14. The number of amides is 2. The van der Waals surface area contributed by atoms with Gasteiger partial charge in [0, 0.05) is 12.2 Å². The molecule has 4 nitrogen and oxygen atoms in total. The van der Waals surface area contributed by atoms with Crippen LogP contribution in [0.4, 0.5) is 5.69 Å². The molecule has 0 spiro atoms. The molecule has 108 valence electrons. The van der Waals surface area contributed by atoms with Crippen molar-refractivity contribution in [2.75, 3.05) is 11.9 Å². The van der Waals surface area contributed by atoms with Crippen LogP contribution in [0.5, 0.6) is 0 Å². The van der Waals surface area contributed by atoms with Crippen molar-refractivity contribution in [3.8, 4) is 0 Å². The minimum Gasteiger partial charge on any atom is -0.351 e. The van der Waals surface area contributed by atoms with Gasteiger partial charge in [-0.15, -0.1) is 11.3 Å². The normalized spacial score (nSPS) is 12.9. The van der Waals surface area contributed by atoms with Gasteiger partial charge in [0.25, 0.3) is 5.91 Å². The van der Waals surface area contributed by atoms with Crippen LogP contribution in [-0.4, -0.2) is 18.4 Å². The Morgan fingerprint density at radius 3 is 3.05 bits per heavy atom. The Morgan fingerprint density at radius 2 is 2.24 bits per heavy atom. The summed E-state index contributed by atoms with van der Waals surface area (Å²) in [5, 5.41) is 7.64. The average molecular weight is 300 g/mol.